The number of carbonyl (C=O) groups is 1. The van der Waals surface area contributed by atoms with Crippen LogP contribution in [0.15, 0.2) is 29.2 Å². The molecule has 0 atom stereocenters. The molecule has 2 heterocycles. The van der Waals surface area contributed by atoms with E-state index in [0.29, 0.717) is 41.9 Å². The summed E-state index contributed by atoms with van der Waals surface area (Å²) >= 11 is 13.1. The van der Waals surface area contributed by atoms with Crippen LogP contribution in [0.3, 0.4) is 0 Å². The molecule has 1 aliphatic heterocycles. The molecule has 0 radical (unpaired) electrons. The van der Waals surface area contributed by atoms with E-state index in [-0.39, 0.29) is 10.9 Å². The Bertz CT molecular complexity index is 1160. The predicted octanol–water partition coefficient (Wildman–Crippen LogP) is 4.55. The van der Waals surface area contributed by atoms with Crippen LogP contribution in [0.4, 0.5) is 5.00 Å². The number of piperazine rings is 1. The van der Waals surface area contributed by atoms with Gasteiger partial charge in [0.05, 0.1) is 17.6 Å². The Morgan fingerprint density at radius 3 is 2.35 bits per heavy atom. The second-order valence-corrected chi connectivity index (χ2v) is 12.3. The first kappa shape index (κ1) is 25.4. The molecule has 0 bridgehead atoms. The van der Waals surface area contributed by atoms with Gasteiger partial charge in [-0.3, -0.25) is 0 Å². The van der Waals surface area contributed by atoms with Crippen molar-refractivity contribution in [2.45, 2.75) is 43.4 Å². The molecule has 2 aliphatic rings. The minimum atomic E-state index is -3.59. The lowest BCUT2D eigenvalue weighted by Gasteiger charge is -2.35. The second-order valence-electron chi connectivity index (χ2n) is 8.39. The number of carbonyl (C=O) groups excluding carboxylic acids is 1. The van der Waals surface area contributed by atoms with Gasteiger partial charge in [0.25, 0.3) is 0 Å². The molecule has 1 N–H and O–H groups in total. The maximum absolute atomic E-state index is 13.0. The summed E-state index contributed by atoms with van der Waals surface area (Å²) in [5, 5.41) is 4.98. The summed E-state index contributed by atoms with van der Waals surface area (Å²) in [4.78, 5) is 16.0. The average molecular weight is 542 g/mol. The van der Waals surface area contributed by atoms with E-state index < -0.39 is 10.0 Å². The molecule has 1 saturated heterocycles. The summed E-state index contributed by atoms with van der Waals surface area (Å²) in [6.07, 6.45) is 6.37. The molecule has 2 aromatic rings. The Labute approximate surface area is 215 Å². The molecule has 34 heavy (non-hydrogen) atoms. The largest absolute Gasteiger partial charge is 0.465 e. The van der Waals surface area contributed by atoms with E-state index >= 15 is 0 Å². The van der Waals surface area contributed by atoms with E-state index in [0.717, 1.165) is 36.2 Å². The van der Waals surface area contributed by atoms with Crippen LogP contribution >= 0.6 is 35.2 Å². The third-order valence-electron chi connectivity index (χ3n) is 6.26. The van der Waals surface area contributed by atoms with Crippen molar-refractivity contribution in [2.24, 2.45) is 0 Å². The topological polar surface area (TPSA) is 79.0 Å². The number of ether oxygens (including phenoxy) is 1. The molecule has 0 amide bonds. The summed E-state index contributed by atoms with van der Waals surface area (Å²) in [5.74, 6) is -0.345. The highest BCUT2D eigenvalue weighted by atomic mass is 35.5. The predicted molar refractivity (Wildman–Crippen MR) is 140 cm³/mol. The number of nitrogens with zero attached hydrogens (tertiary/aromatic N) is 2. The molecule has 1 aromatic carbocycles. The van der Waals surface area contributed by atoms with Crippen molar-refractivity contribution in [1.29, 1.82) is 0 Å². The van der Waals surface area contributed by atoms with Crippen molar-refractivity contribution in [3.8, 4) is 0 Å². The van der Waals surface area contributed by atoms with Crippen LogP contribution in [-0.4, -0.2) is 62.0 Å². The number of nitrogens with one attached hydrogen (secondary N) is 1. The van der Waals surface area contributed by atoms with E-state index in [4.69, 9.17) is 28.6 Å². The maximum atomic E-state index is 13.0. The number of sulfonamides is 1. The van der Waals surface area contributed by atoms with E-state index in [1.54, 1.807) is 23.5 Å². The number of halogens is 1. The fraction of sp³-hybridized carbons (Fsp3) is 0.478. The lowest BCUT2D eigenvalue weighted by Crippen LogP contribution is -2.51. The second kappa shape index (κ2) is 10.9. The van der Waals surface area contributed by atoms with Crippen molar-refractivity contribution in [3.63, 3.8) is 0 Å². The Morgan fingerprint density at radius 1 is 1.06 bits per heavy atom. The van der Waals surface area contributed by atoms with Gasteiger partial charge in [0.15, 0.2) is 5.11 Å². The minimum Gasteiger partial charge on any atom is -0.465 e. The van der Waals surface area contributed by atoms with Gasteiger partial charge in [-0.1, -0.05) is 24.4 Å². The van der Waals surface area contributed by atoms with Gasteiger partial charge >= 0.3 is 5.97 Å². The lowest BCUT2D eigenvalue weighted by atomic mass is 9.96. The van der Waals surface area contributed by atoms with Gasteiger partial charge in [0.1, 0.15) is 5.00 Å². The zero-order valence-electron chi connectivity index (χ0n) is 19.0. The third-order valence-corrected chi connectivity index (χ3v) is 9.99. The van der Waals surface area contributed by atoms with Crippen LogP contribution in [0.25, 0.3) is 0 Å². The fourth-order valence-electron chi connectivity index (χ4n) is 4.39. The number of thiophene rings is 1. The smallest absolute Gasteiger partial charge is 0.341 e. The first-order valence-electron chi connectivity index (χ1n) is 11.4. The number of thiocarbonyl (C=S) groups is 1. The fourth-order valence-corrected chi connectivity index (χ4v) is 7.56. The van der Waals surface area contributed by atoms with E-state index in [1.807, 2.05) is 4.90 Å². The number of rotatable bonds is 4. The molecular formula is C23H28ClN3O4S3. The van der Waals surface area contributed by atoms with Crippen LogP contribution < -0.4 is 5.32 Å². The Hall–Kier alpha value is -1.72. The van der Waals surface area contributed by atoms with Crippen molar-refractivity contribution in [1.82, 2.24) is 9.21 Å². The highest BCUT2D eigenvalue weighted by molar-refractivity contribution is 7.89. The molecule has 11 heteroatoms. The van der Waals surface area contributed by atoms with E-state index in [1.165, 1.54) is 41.3 Å². The van der Waals surface area contributed by atoms with E-state index in [9.17, 15) is 13.2 Å². The first-order chi connectivity index (χ1) is 16.3. The van der Waals surface area contributed by atoms with Crippen LogP contribution in [0.5, 0.6) is 0 Å². The Kier molecular flexibility index (Phi) is 8.14. The molecule has 0 spiro atoms. The average Bonchev–Trinajstić information content (AvgIpc) is 3.14. The molecular weight excluding hydrogens is 514 g/mol. The van der Waals surface area contributed by atoms with Gasteiger partial charge in [-0.2, -0.15) is 4.31 Å². The number of fused-ring (bicyclic) bond motifs is 1. The Balaban J connectivity index is 1.45. The van der Waals surface area contributed by atoms with Crippen LogP contribution in [0.2, 0.25) is 5.02 Å². The van der Waals surface area contributed by atoms with Gasteiger partial charge < -0.3 is 15.0 Å². The lowest BCUT2D eigenvalue weighted by molar-refractivity contribution is 0.0601. The first-order valence-corrected chi connectivity index (χ1v) is 14.4. The SMILES string of the molecule is COC(=O)c1c(NC(=S)N2CCN(S(=O)(=O)c3ccc(Cl)cc3)CC2)sc2c1CCCCCC2. The quantitative estimate of drug-likeness (QED) is 0.449. The van der Waals surface area contributed by atoms with Crippen molar-refractivity contribution in [3.05, 3.63) is 45.3 Å². The van der Waals surface area contributed by atoms with Gasteiger partial charge in [-0.25, -0.2) is 13.2 Å². The standard InChI is InChI=1S/C23H28ClN3O4S3/c1-31-22(28)20-18-6-4-2-3-5-7-19(18)33-21(20)25-23(32)26-12-14-27(15-13-26)34(29,30)17-10-8-16(24)9-11-17/h8-11H,2-7,12-15H2,1H3,(H,25,32). The molecule has 0 unspecified atom stereocenters. The number of esters is 1. The highest BCUT2D eigenvalue weighted by Gasteiger charge is 2.31. The molecule has 4 rings (SSSR count). The molecule has 0 saturated carbocycles. The van der Waals surface area contributed by atoms with Gasteiger partial charge in [-0.15, -0.1) is 11.3 Å². The molecule has 1 aromatic heterocycles. The number of benzene rings is 1. The zero-order valence-corrected chi connectivity index (χ0v) is 22.2. The van der Waals surface area contributed by atoms with Gasteiger partial charge in [0, 0.05) is 36.1 Å². The summed E-state index contributed by atoms with van der Waals surface area (Å²) in [5.41, 5.74) is 1.68. The third kappa shape index (κ3) is 5.41. The van der Waals surface area contributed by atoms with Crippen LogP contribution in [-0.2, 0) is 27.6 Å². The molecule has 7 nitrogen and oxygen atoms in total. The maximum Gasteiger partial charge on any atom is 0.341 e. The van der Waals surface area contributed by atoms with Crippen molar-refractivity contribution >= 4 is 61.3 Å². The van der Waals surface area contributed by atoms with E-state index in [2.05, 4.69) is 5.32 Å². The molecule has 1 aliphatic carbocycles. The summed E-state index contributed by atoms with van der Waals surface area (Å²) in [7, 11) is -2.19. The Morgan fingerprint density at radius 2 is 1.71 bits per heavy atom. The summed E-state index contributed by atoms with van der Waals surface area (Å²) in [6.45, 7) is 1.55. The highest BCUT2D eigenvalue weighted by Crippen LogP contribution is 2.37. The van der Waals surface area contributed by atoms with Crippen molar-refractivity contribution in [2.75, 3.05) is 38.6 Å². The molecule has 1 fully saturated rings. The normalized spacial score (nSPS) is 17.4. The van der Waals surface area contributed by atoms with Gasteiger partial charge in [-0.05, 0) is 67.7 Å². The zero-order chi connectivity index (χ0) is 24.3. The summed E-state index contributed by atoms with van der Waals surface area (Å²) in [6, 6.07) is 6.20. The number of aryl methyl sites for hydroxylation is 1. The molecule has 184 valence electrons. The van der Waals surface area contributed by atoms with Crippen LogP contribution in [0.1, 0.15) is 46.5 Å². The minimum absolute atomic E-state index is 0.227. The van der Waals surface area contributed by atoms with Gasteiger partial charge in [0.2, 0.25) is 10.0 Å². The number of anilines is 1. The number of methoxy groups -OCH3 is 1. The van der Waals surface area contributed by atoms with Crippen LogP contribution in [0, 0.1) is 0 Å². The number of hydrogen-bond donors (Lipinski definition) is 1. The number of hydrogen-bond acceptors (Lipinski definition) is 6. The monoisotopic (exact) mass is 541 g/mol. The van der Waals surface area contributed by atoms with Crippen molar-refractivity contribution < 1.29 is 17.9 Å². The summed E-state index contributed by atoms with van der Waals surface area (Å²) < 4.78 is 32.5.